The van der Waals surface area contributed by atoms with Gasteiger partial charge in [-0.2, -0.15) is 5.26 Å². The Kier molecular flexibility index (Phi) is 7.60. The van der Waals surface area contributed by atoms with Crippen LogP contribution in [0.2, 0.25) is 0 Å². The maximum Gasteiger partial charge on any atom is 0.253 e. The van der Waals surface area contributed by atoms with E-state index in [0.717, 1.165) is 18.4 Å². The highest BCUT2D eigenvalue weighted by Gasteiger charge is 2.17. The number of aliphatic hydroxyl groups is 1. The maximum absolute atomic E-state index is 12.1. The van der Waals surface area contributed by atoms with E-state index in [1.54, 1.807) is 36.7 Å². The Morgan fingerprint density at radius 1 is 1.24 bits per heavy atom. The number of nitriles is 1. The third-order valence-electron chi connectivity index (χ3n) is 5.17. The molecule has 1 aliphatic heterocycles. The number of amides is 1. The number of aliphatic hydroxyl groups excluding tert-OH is 1. The van der Waals surface area contributed by atoms with Crippen molar-refractivity contribution in [3.05, 3.63) is 60.0 Å². The normalized spacial score (nSPS) is 13.6. The van der Waals surface area contributed by atoms with Crippen molar-refractivity contribution in [2.75, 3.05) is 31.7 Å². The Balaban J connectivity index is 1.50. The van der Waals surface area contributed by atoms with Gasteiger partial charge in [-0.15, -0.1) is 0 Å². The molecule has 0 unspecified atom stereocenters. The first-order chi connectivity index (χ1) is 16.7. The second kappa shape index (κ2) is 11.2. The van der Waals surface area contributed by atoms with Crippen molar-refractivity contribution in [1.82, 2.24) is 20.3 Å². The molecule has 0 atom stereocenters. The van der Waals surface area contributed by atoms with E-state index in [-0.39, 0.29) is 25.2 Å². The average Bonchev–Trinajstić information content (AvgIpc) is 2.88. The molecule has 3 aromatic rings. The smallest absolute Gasteiger partial charge is 0.253 e. The number of aromatic nitrogens is 3. The zero-order valence-electron chi connectivity index (χ0n) is 18.4. The van der Waals surface area contributed by atoms with Crippen LogP contribution in [0.4, 0.5) is 11.6 Å². The lowest BCUT2D eigenvalue weighted by molar-refractivity contribution is 0.0254. The number of pyridine rings is 1. The molecule has 2 aromatic heterocycles. The van der Waals surface area contributed by atoms with Gasteiger partial charge in [0, 0.05) is 37.3 Å². The highest BCUT2D eigenvalue weighted by Crippen LogP contribution is 2.28. The van der Waals surface area contributed by atoms with E-state index >= 15 is 0 Å². The zero-order chi connectivity index (χ0) is 23.8. The second-order valence-electron chi connectivity index (χ2n) is 7.58. The van der Waals surface area contributed by atoms with Crippen LogP contribution >= 0.6 is 0 Å². The molecule has 174 valence electrons. The van der Waals surface area contributed by atoms with Crippen LogP contribution < -0.4 is 15.4 Å². The molecular weight excluding hydrogens is 436 g/mol. The van der Waals surface area contributed by atoms with Gasteiger partial charge >= 0.3 is 0 Å². The van der Waals surface area contributed by atoms with Crippen LogP contribution in [0, 0.1) is 11.3 Å². The predicted molar refractivity (Wildman–Crippen MR) is 124 cm³/mol. The van der Waals surface area contributed by atoms with Crippen molar-refractivity contribution in [2.24, 2.45) is 0 Å². The number of anilines is 2. The van der Waals surface area contributed by atoms with E-state index in [0.29, 0.717) is 47.4 Å². The summed E-state index contributed by atoms with van der Waals surface area (Å²) in [7, 11) is 0. The third-order valence-corrected chi connectivity index (χ3v) is 5.17. The third kappa shape index (κ3) is 5.83. The van der Waals surface area contributed by atoms with Crippen LogP contribution in [0.5, 0.6) is 5.75 Å². The quantitative estimate of drug-likeness (QED) is 0.462. The number of carbonyl (C=O) groups excluding carboxylic acids is 1. The van der Waals surface area contributed by atoms with Crippen molar-refractivity contribution < 1.29 is 19.4 Å². The topological polar surface area (TPSA) is 142 Å². The summed E-state index contributed by atoms with van der Waals surface area (Å²) in [5.41, 5.74) is 2.68. The molecule has 1 saturated heterocycles. The van der Waals surface area contributed by atoms with E-state index in [1.165, 1.54) is 6.20 Å². The predicted octanol–water partition coefficient (Wildman–Crippen LogP) is 2.43. The fourth-order valence-corrected chi connectivity index (χ4v) is 3.47. The van der Waals surface area contributed by atoms with Gasteiger partial charge in [0.15, 0.2) is 0 Å². The number of rotatable bonds is 8. The highest BCUT2D eigenvalue weighted by molar-refractivity contribution is 5.94. The molecule has 10 heteroatoms. The molecule has 1 aliphatic rings. The largest absolute Gasteiger partial charge is 0.489 e. The molecule has 4 rings (SSSR count). The molecule has 0 saturated carbocycles. The van der Waals surface area contributed by atoms with Gasteiger partial charge in [0.2, 0.25) is 5.95 Å². The zero-order valence-corrected chi connectivity index (χ0v) is 18.4. The Hall–Kier alpha value is -4.07. The number of carbonyl (C=O) groups is 1. The fraction of sp³-hybridized carbons (Fsp3) is 0.292. The molecule has 34 heavy (non-hydrogen) atoms. The molecule has 3 heterocycles. The number of hydrogen-bond donors (Lipinski definition) is 3. The minimum absolute atomic E-state index is 0.0386. The molecule has 1 fully saturated rings. The van der Waals surface area contributed by atoms with E-state index in [2.05, 4.69) is 31.7 Å². The van der Waals surface area contributed by atoms with Gasteiger partial charge in [-0.3, -0.25) is 9.78 Å². The molecule has 1 amide bonds. The van der Waals surface area contributed by atoms with Gasteiger partial charge in [-0.25, -0.2) is 9.97 Å². The van der Waals surface area contributed by atoms with Crippen LogP contribution in [0.1, 0.15) is 28.8 Å². The van der Waals surface area contributed by atoms with Gasteiger partial charge in [0.05, 0.1) is 48.5 Å². The summed E-state index contributed by atoms with van der Waals surface area (Å²) in [5, 5.41) is 24.1. The number of nitrogens with zero attached hydrogens (tertiary/aromatic N) is 4. The highest BCUT2D eigenvalue weighted by atomic mass is 16.5. The number of ether oxygens (including phenoxy) is 2. The summed E-state index contributed by atoms with van der Waals surface area (Å²) in [6.45, 7) is 1.33. The molecule has 10 nitrogen and oxygen atoms in total. The van der Waals surface area contributed by atoms with E-state index in [1.807, 2.05) is 6.07 Å². The van der Waals surface area contributed by atoms with E-state index in [4.69, 9.17) is 14.6 Å². The molecule has 0 spiro atoms. The van der Waals surface area contributed by atoms with Crippen molar-refractivity contribution in [1.29, 1.82) is 5.26 Å². The molecule has 0 radical (unpaired) electrons. The van der Waals surface area contributed by atoms with Crippen LogP contribution in [0.15, 0.2) is 48.9 Å². The lowest BCUT2D eigenvalue weighted by atomic mass is 10.1. The SMILES string of the molecule is N#Cc1cc(-c2ccnc(Nc3cncc(C(=O)NCCO)c3)n2)ccc1OC1CCOCC1. The van der Waals surface area contributed by atoms with Crippen LogP contribution in [0.25, 0.3) is 11.3 Å². The van der Waals surface area contributed by atoms with Crippen LogP contribution in [0.3, 0.4) is 0 Å². The molecule has 1 aromatic carbocycles. The maximum atomic E-state index is 12.1. The summed E-state index contributed by atoms with van der Waals surface area (Å²) < 4.78 is 11.4. The first-order valence-corrected chi connectivity index (χ1v) is 10.9. The summed E-state index contributed by atoms with van der Waals surface area (Å²) in [6, 6.07) is 11.0. The minimum Gasteiger partial charge on any atom is -0.489 e. The monoisotopic (exact) mass is 460 g/mol. The van der Waals surface area contributed by atoms with Gasteiger partial charge in [0.1, 0.15) is 17.9 Å². The van der Waals surface area contributed by atoms with Crippen molar-refractivity contribution in [3.63, 3.8) is 0 Å². The fourth-order valence-electron chi connectivity index (χ4n) is 3.47. The average molecular weight is 460 g/mol. The molecule has 0 bridgehead atoms. The summed E-state index contributed by atoms with van der Waals surface area (Å²) in [6.07, 6.45) is 6.22. The Morgan fingerprint density at radius 2 is 2.09 bits per heavy atom. The van der Waals surface area contributed by atoms with Gasteiger partial charge < -0.3 is 25.2 Å². The second-order valence-corrected chi connectivity index (χ2v) is 7.58. The van der Waals surface area contributed by atoms with Gasteiger partial charge in [0.25, 0.3) is 5.91 Å². The minimum atomic E-state index is -0.341. The van der Waals surface area contributed by atoms with E-state index in [9.17, 15) is 10.1 Å². The number of hydrogen-bond acceptors (Lipinski definition) is 9. The van der Waals surface area contributed by atoms with Crippen molar-refractivity contribution in [3.8, 4) is 23.1 Å². The van der Waals surface area contributed by atoms with Gasteiger partial charge in [-0.1, -0.05) is 0 Å². The standard InChI is InChI=1S/C24H24N6O4/c25-13-17-11-16(1-2-22(17)34-20-4-9-33-10-5-20)21-3-6-28-24(30-21)29-19-12-18(14-26-15-19)23(32)27-7-8-31/h1-3,6,11-12,14-15,20,31H,4-5,7-10H2,(H,27,32)(H,28,29,30). The first-order valence-electron chi connectivity index (χ1n) is 10.9. The summed E-state index contributed by atoms with van der Waals surface area (Å²) >= 11 is 0. The van der Waals surface area contributed by atoms with E-state index < -0.39 is 0 Å². The first kappa shape index (κ1) is 23.1. The Bertz CT molecular complexity index is 1190. The number of benzene rings is 1. The Labute approximate surface area is 196 Å². The molecule has 3 N–H and O–H groups in total. The number of nitrogens with one attached hydrogen (secondary N) is 2. The lowest BCUT2D eigenvalue weighted by Crippen LogP contribution is -2.26. The van der Waals surface area contributed by atoms with Gasteiger partial charge in [-0.05, 0) is 30.3 Å². The lowest BCUT2D eigenvalue weighted by Gasteiger charge is -2.23. The van der Waals surface area contributed by atoms with Crippen molar-refractivity contribution in [2.45, 2.75) is 18.9 Å². The molecule has 0 aliphatic carbocycles. The Morgan fingerprint density at radius 3 is 2.88 bits per heavy atom. The molecular formula is C24H24N6O4. The van der Waals surface area contributed by atoms with Crippen LogP contribution in [-0.2, 0) is 4.74 Å². The van der Waals surface area contributed by atoms with Crippen LogP contribution in [-0.4, -0.2) is 58.4 Å². The summed E-state index contributed by atoms with van der Waals surface area (Å²) in [5.74, 6) is 0.521. The van der Waals surface area contributed by atoms with Crippen molar-refractivity contribution >= 4 is 17.5 Å². The summed E-state index contributed by atoms with van der Waals surface area (Å²) in [4.78, 5) is 24.9.